The quantitative estimate of drug-likeness (QED) is 0.779. The van der Waals surface area contributed by atoms with E-state index in [9.17, 15) is 9.59 Å². The molecule has 0 atom stereocenters. The molecule has 0 spiro atoms. The average molecular weight is 375 g/mol. The van der Waals surface area contributed by atoms with Crippen LogP contribution < -0.4 is 15.0 Å². The van der Waals surface area contributed by atoms with Crippen LogP contribution >= 0.6 is 11.6 Å². The summed E-state index contributed by atoms with van der Waals surface area (Å²) < 4.78 is 5.51. The Hall–Kier alpha value is -2.53. The van der Waals surface area contributed by atoms with Crippen LogP contribution in [0, 0.1) is 6.92 Å². The van der Waals surface area contributed by atoms with Crippen LogP contribution in [0.2, 0.25) is 5.02 Å². The Morgan fingerprint density at radius 1 is 1.19 bits per heavy atom. The Labute approximate surface area is 158 Å². The Kier molecular flexibility index (Phi) is 7.04. The lowest BCUT2D eigenvalue weighted by Gasteiger charge is -2.23. The number of nitrogens with zero attached hydrogens (tertiary/aromatic N) is 1. The van der Waals surface area contributed by atoms with Crippen LogP contribution in [0.4, 0.5) is 11.4 Å². The number of rotatable bonds is 7. The minimum atomic E-state index is -0.185. The molecule has 0 saturated carbocycles. The lowest BCUT2D eigenvalue weighted by Crippen LogP contribution is -2.32. The molecule has 0 aromatic heterocycles. The minimum Gasteiger partial charge on any atom is -0.492 e. The SMILES string of the molecule is CCOc1ccccc1NC(=O)CCN(C(C)=O)c1ccc(Cl)cc1C. The monoisotopic (exact) mass is 374 g/mol. The van der Waals surface area contributed by atoms with Crippen LogP contribution in [-0.4, -0.2) is 25.0 Å². The van der Waals surface area contributed by atoms with Gasteiger partial charge in [0.15, 0.2) is 0 Å². The van der Waals surface area contributed by atoms with Gasteiger partial charge in [0.25, 0.3) is 0 Å². The maximum Gasteiger partial charge on any atom is 0.226 e. The van der Waals surface area contributed by atoms with Gasteiger partial charge in [-0.25, -0.2) is 0 Å². The second kappa shape index (κ2) is 9.25. The van der Waals surface area contributed by atoms with Crippen molar-refractivity contribution < 1.29 is 14.3 Å². The highest BCUT2D eigenvalue weighted by Gasteiger charge is 2.16. The molecule has 0 aliphatic carbocycles. The Bertz CT molecular complexity index is 792. The summed E-state index contributed by atoms with van der Waals surface area (Å²) >= 11 is 5.98. The van der Waals surface area contributed by atoms with Gasteiger partial charge >= 0.3 is 0 Å². The summed E-state index contributed by atoms with van der Waals surface area (Å²) in [5.74, 6) is 0.313. The van der Waals surface area contributed by atoms with Crippen LogP contribution in [0.5, 0.6) is 5.75 Å². The number of ether oxygens (including phenoxy) is 1. The summed E-state index contributed by atoms with van der Waals surface area (Å²) in [6.45, 7) is 6.05. The molecule has 138 valence electrons. The number of carbonyl (C=O) groups is 2. The van der Waals surface area contributed by atoms with Crippen molar-refractivity contribution >= 4 is 34.8 Å². The largest absolute Gasteiger partial charge is 0.492 e. The highest BCUT2D eigenvalue weighted by atomic mass is 35.5. The molecule has 2 aromatic rings. The van der Waals surface area contributed by atoms with E-state index in [-0.39, 0.29) is 24.8 Å². The molecular weight excluding hydrogens is 352 g/mol. The number of nitrogens with one attached hydrogen (secondary N) is 1. The molecule has 2 aromatic carbocycles. The van der Waals surface area contributed by atoms with Crippen molar-refractivity contribution in [3.8, 4) is 5.75 Å². The molecule has 0 unspecified atom stereocenters. The predicted molar refractivity (Wildman–Crippen MR) is 105 cm³/mol. The second-order valence-corrected chi connectivity index (χ2v) is 6.27. The number of aryl methyl sites for hydroxylation is 1. The standard InChI is InChI=1S/C20H23ClN2O3/c1-4-26-19-8-6-5-7-17(19)22-20(25)11-12-23(15(3)24)18-10-9-16(21)13-14(18)2/h5-10,13H,4,11-12H2,1-3H3,(H,22,25). The van der Waals surface area contributed by atoms with Gasteiger partial charge in [-0.2, -0.15) is 0 Å². The highest BCUT2D eigenvalue weighted by Crippen LogP contribution is 2.25. The fraction of sp³-hybridized carbons (Fsp3) is 0.300. The van der Waals surface area contributed by atoms with E-state index in [4.69, 9.17) is 16.3 Å². The normalized spacial score (nSPS) is 10.3. The van der Waals surface area contributed by atoms with Gasteiger partial charge in [0.05, 0.1) is 12.3 Å². The summed E-state index contributed by atoms with van der Waals surface area (Å²) in [4.78, 5) is 26.0. The van der Waals surface area contributed by atoms with Gasteiger partial charge in [0.2, 0.25) is 11.8 Å². The molecule has 0 radical (unpaired) electrons. The van der Waals surface area contributed by atoms with Gasteiger partial charge in [-0.05, 0) is 49.7 Å². The van der Waals surface area contributed by atoms with Crippen LogP contribution in [0.3, 0.4) is 0 Å². The van der Waals surface area contributed by atoms with Gasteiger partial charge < -0.3 is 15.0 Å². The summed E-state index contributed by atoms with van der Waals surface area (Å²) in [6.07, 6.45) is 0.169. The molecule has 0 heterocycles. The maximum absolute atomic E-state index is 12.3. The molecule has 0 aliphatic heterocycles. The Morgan fingerprint density at radius 3 is 2.58 bits per heavy atom. The van der Waals surface area contributed by atoms with Gasteiger partial charge in [-0.3, -0.25) is 9.59 Å². The second-order valence-electron chi connectivity index (χ2n) is 5.83. The van der Waals surface area contributed by atoms with Crippen LogP contribution in [-0.2, 0) is 9.59 Å². The van der Waals surface area contributed by atoms with E-state index in [0.29, 0.717) is 23.1 Å². The number of amides is 2. The third-order valence-electron chi connectivity index (χ3n) is 3.85. The zero-order chi connectivity index (χ0) is 19.1. The average Bonchev–Trinajstić information content (AvgIpc) is 2.58. The summed E-state index contributed by atoms with van der Waals surface area (Å²) in [5, 5.41) is 3.45. The summed E-state index contributed by atoms with van der Waals surface area (Å²) in [5.41, 5.74) is 2.26. The van der Waals surface area contributed by atoms with Crippen LogP contribution in [0.15, 0.2) is 42.5 Å². The topological polar surface area (TPSA) is 58.6 Å². The molecule has 2 amide bonds. The van der Waals surface area contributed by atoms with E-state index < -0.39 is 0 Å². The molecule has 1 N–H and O–H groups in total. The van der Waals surface area contributed by atoms with Crippen LogP contribution in [0.1, 0.15) is 25.8 Å². The van der Waals surface area contributed by atoms with Crippen molar-refractivity contribution in [2.45, 2.75) is 27.2 Å². The molecule has 0 bridgehead atoms. The Balaban J connectivity index is 2.05. The number of hydrogen-bond donors (Lipinski definition) is 1. The lowest BCUT2D eigenvalue weighted by molar-refractivity contribution is -0.117. The van der Waals surface area contributed by atoms with Crippen molar-refractivity contribution in [3.05, 3.63) is 53.1 Å². The first-order valence-electron chi connectivity index (χ1n) is 8.48. The number of hydrogen-bond acceptors (Lipinski definition) is 3. The number of anilines is 2. The number of carbonyl (C=O) groups excluding carboxylic acids is 2. The zero-order valence-electron chi connectivity index (χ0n) is 15.2. The van der Waals surface area contributed by atoms with Gasteiger partial charge in [0.1, 0.15) is 5.75 Å². The van der Waals surface area contributed by atoms with Gasteiger partial charge in [-0.15, -0.1) is 0 Å². The van der Waals surface area contributed by atoms with E-state index >= 15 is 0 Å². The molecule has 0 saturated heterocycles. The molecule has 5 nitrogen and oxygen atoms in total. The molecule has 0 aliphatic rings. The third-order valence-corrected chi connectivity index (χ3v) is 4.09. The first-order valence-corrected chi connectivity index (χ1v) is 8.86. The first kappa shape index (κ1) is 19.8. The minimum absolute atomic E-state index is 0.127. The first-order chi connectivity index (χ1) is 12.4. The summed E-state index contributed by atoms with van der Waals surface area (Å²) in [7, 11) is 0. The fourth-order valence-corrected chi connectivity index (χ4v) is 2.87. The van der Waals surface area contributed by atoms with Crippen molar-refractivity contribution in [2.75, 3.05) is 23.4 Å². The fourth-order valence-electron chi connectivity index (χ4n) is 2.65. The number of benzene rings is 2. The maximum atomic E-state index is 12.3. The molecule has 26 heavy (non-hydrogen) atoms. The molecule has 6 heteroatoms. The predicted octanol–water partition coefficient (Wildman–Crippen LogP) is 4.43. The number of halogens is 1. The van der Waals surface area contributed by atoms with E-state index in [1.54, 1.807) is 35.2 Å². The van der Waals surface area contributed by atoms with E-state index in [0.717, 1.165) is 11.3 Å². The highest BCUT2D eigenvalue weighted by molar-refractivity contribution is 6.30. The van der Waals surface area contributed by atoms with Crippen molar-refractivity contribution in [3.63, 3.8) is 0 Å². The summed E-state index contributed by atoms with van der Waals surface area (Å²) in [6, 6.07) is 12.6. The van der Waals surface area contributed by atoms with Crippen LogP contribution in [0.25, 0.3) is 0 Å². The van der Waals surface area contributed by atoms with E-state index in [1.165, 1.54) is 6.92 Å². The van der Waals surface area contributed by atoms with Gasteiger partial charge in [0, 0.05) is 30.6 Å². The zero-order valence-corrected chi connectivity index (χ0v) is 16.0. The van der Waals surface area contributed by atoms with E-state index in [2.05, 4.69) is 5.32 Å². The molecule has 2 rings (SSSR count). The Morgan fingerprint density at radius 2 is 1.92 bits per heavy atom. The molecule has 0 fully saturated rings. The van der Waals surface area contributed by atoms with Gasteiger partial charge in [-0.1, -0.05) is 23.7 Å². The lowest BCUT2D eigenvalue weighted by atomic mass is 10.1. The van der Waals surface area contributed by atoms with Crippen molar-refractivity contribution in [1.82, 2.24) is 0 Å². The number of para-hydroxylation sites is 2. The van der Waals surface area contributed by atoms with Crippen molar-refractivity contribution in [2.24, 2.45) is 0 Å². The smallest absolute Gasteiger partial charge is 0.226 e. The third kappa shape index (κ3) is 5.23. The van der Waals surface area contributed by atoms with Crippen molar-refractivity contribution in [1.29, 1.82) is 0 Å². The molecular formula is C20H23ClN2O3. The van der Waals surface area contributed by atoms with E-state index in [1.807, 2.05) is 26.0 Å².